The quantitative estimate of drug-likeness (QED) is 0.148. The van der Waals surface area contributed by atoms with Gasteiger partial charge in [0.05, 0.1) is 30.1 Å². The minimum absolute atomic E-state index is 0.0526. The molecule has 0 saturated carbocycles. The van der Waals surface area contributed by atoms with Crippen LogP contribution in [0.3, 0.4) is 0 Å². The van der Waals surface area contributed by atoms with Crippen LogP contribution >= 0.6 is 0 Å². The van der Waals surface area contributed by atoms with E-state index < -0.39 is 40.7 Å². The number of carbonyl (C=O) groups is 2. The standard InChI is InChI=1S/C36H41FN4O5S/c1-25(29-15-8-5-9-16-29)39-35(43)30-19-31(21-32(20-30)41(2)47(3,45)46)36(44)40-33(18-26-11-6-4-7-12-26)34(42)24-38-23-28-14-10-13-27(17-28)22-37/h4-17,19-21,25,33-34,38,42H,18,22-24H2,1-3H3,(H,39,43)(H,40,44)/t25-,33+,34-/m1/s1. The van der Waals surface area contributed by atoms with Crippen LogP contribution in [-0.4, -0.2) is 57.3 Å². The fourth-order valence-electron chi connectivity index (χ4n) is 5.08. The van der Waals surface area contributed by atoms with Crippen LogP contribution in [0.15, 0.2) is 103 Å². The molecule has 0 heterocycles. The van der Waals surface area contributed by atoms with Crippen molar-refractivity contribution in [2.75, 3.05) is 24.2 Å². The van der Waals surface area contributed by atoms with Crippen LogP contribution in [-0.2, 0) is 29.7 Å². The molecule has 0 unspecified atom stereocenters. The van der Waals surface area contributed by atoms with Gasteiger partial charge in [-0.1, -0.05) is 84.9 Å². The molecular weight excluding hydrogens is 619 g/mol. The summed E-state index contributed by atoms with van der Waals surface area (Å²) in [5.74, 6) is -1.07. The zero-order chi connectivity index (χ0) is 34.0. The molecule has 4 rings (SSSR count). The average molecular weight is 661 g/mol. The smallest absolute Gasteiger partial charge is 0.251 e. The molecule has 248 valence electrons. The molecule has 0 aliphatic carbocycles. The van der Waals surface area contributed by atoms with Gasteiger partial charge in [0.25, 0.3) is 11.8 Å². The van der Waals surface area contributed by atoms with Gasteiger partial charge in [-0.2, -0.15) is 0 Å². The minimum atomic E-state index is -3.72. The second kappa shape index (κ2) is 16.3. The number of alkyl halides is 1. The van der Waals surface area contributed by atoms with Crippen LogP contribution in [0.1, 0.15) is 55.9 Å². The van der Waals surface area contributed by atoms with Gasteiger partial charge in [-0.3, -0.25) is 13.9 Å². The van der Waals surface area contributed by atoms with Crippen LogP contribution in [0, 0.1) is 0 Å². The first-order valence-electron chi connectivity index (χ1n) is 15.3. The van der Waals surface area contributed by atoms with E-state index in [0.717, 1.165) is 27.3 Å². The van der Waals surface area contributed by atoms with Gasteiger partial charge in [0, 0.05) is 31.3 Å². The summed E-state index contributed by atoms with van der Waals surface area (Å²) >= 11 is 0. The van der Waals surface area contributed by atoms with E-state index in [1.54, 1.807) is 18.2 Å². The highest BCUT2D eigenvalue weighted by Crippen LogP contribution is 2.22. The zero-order valence-electron chi connectivity index (χ0n) is 26.7. The SMILES string of the molecule is C[C@@H](NC(=O)c1cc(C(=O)N[C@@H](Cc2ccccc2)[C@H](O)CNCc2cccc(CF)c2)cc(N(C)S(C)(=O)=O)c1)c1ccccc1. The molecule has 4 aromatic rings. The third kappa shape index (κ3) is 10.2. The van der Waals surface area contributed by atoms with Crippen molar-refractivity contribution in [2.45, 2.75) is 44.8 Å². The number of anilines is 1. The Morgan fingerprint density at radius 1 is 0.809 bits per heavy atom. The van der Waals surface area contributed by atoms with Gasteiger partial charge < -0.3 is 21.1 Å². The van der Waals surface area contributed by atoms with Gasteiger partial charge in [-0.15, -0.1) is 0 Å². The summed E-state index contributed by atoms with van der Waals surface area (Å²) in [6.45, 7) is 1.77. The van der Waals surface area contributed by atoms with Crippen molar-refractivity contribution >= 4 is 27.5 Å². The van der Waals surface area contributed by atoms with Crippen LogP contribution in [0.5, 0.6) is 0 Å². The third-order valence-electron chi connectivity index (χ3n) is 7.86. The summed E-state index contributed by atoms with van der Waals surface area (Å²) in [6, 6.07) is 28.9. The van der Waals surface area contributed by atoms with Crippen LogP contribution in [0.2, 0.25) is 0 Å². The van der Waals surface area contributed by atoms with Gasteiger partial charge >= 0.3 is 0 Å². The molecule has 0 aromatic heterocycles. The summed E-state index contributed by atoms with van der Waals surface area (Å²) in [7, 11) is -2.38. The van der Waals surface area contributed by atoms with E-state index >= 15 is 0 Å². The van der Waals surface area contributed by atoms with E-state index in [9.17, 15) is 27.5 Å². The molecule has 2 amide bonds. The summed E-state index contributed by atoms with van der Waals surface area (Å²) in [4.78, 5) is 27.2. The maximum absolute atomic E-state index is 13.8. The number of hydrogen-bond acceptors (Lipinski definition) is 6. The molecule has 3 atom stereocenters. The first-order chi connectivity index (χ1) is 22.4. The lowest BCUT2D eigenvalue weighted by molar-refractivity contribution is 0.0830. The maximum atomic E-state index is 13.8. The molecule has 0 bridgehead atoms. The lowest BCUT2D eigenvalue weighted by Crippen LogP contribution is -2.48. The number of aliphatic hydroxyl groups is 1. The Bertz CT molecular complexity index is 1760. The molecule has 9 nitrogen and oxygen atoms in total. The van der Waals surface area contributed by atoms with Crippen LogP contribution in [0.25, 0.3) is 0 Å². The van der Waals surface area contributed by atoms with Crippen molar-refractivity contribution < 1.29 is 27.5 Å². The molecule has 0 aliphatic rings. The molecule has 0 spiro atoms. The van der Waals surface area contributed by atoms with Crippen molar-refractivity contribution in [1.29, 1.82) is 0 Å². The Labute approximate surface area is 275 Å². The Kier molecular flexibility index (Phi) is 12.2. The fourth-order valence-corrected chi connectivity index (χ4v) is 5.57. The van der Waals surface area contributed by atoms with Gasteiger partial charge in [-0.25, -0.2) is 12.8 Å². The Morgan fingerprint density at radius 3 is 2.00 bits per heavy atom. The lowest BCUT2D eigenvalue weighted by Gasteiger charge is -2.26. The lowest BCUT2D eigenvalue weighted by atomic mass is 9.99. The summed E-state index contributed by atoms with van der Waals surface area (Å²) in [6.07, 6.45) is 0.307. The molecule has 11 heteroatoms. The first kappa shape index (κ1) is 35.3. The number of hydrogen-bond donors (Lipinski definition) is 4. The predicted molar refractivity (Wildman–Crippen MR) is 182 cm³/mol. The second-order valence-corrected chi connectivity index (χ2v) is 13.5. The number of carbonyl (C=O) groups excluding carboxylic acids is 2. The highest BCUT2D eigenvalue weighted by atomic mass is 32.2. The van der Waals surface area contributed by atoms with Gasteiger partial charge in [0.15, 0.2) is 0 Å². The van der Waals surface area contributed by atoms with E-state index in [1.807, 2.05) is 73.7 Å². The zero-order valence-corrected chi connectivity index (χ0v) is 27.5. The first-order valence-corrected chi connectivity index (χ1v) is 17.1. The summed E-state index contributed by atoms with van der Waals surface area (Å²) in [5, 5.41) is 20.3. The Hall–Kier alpha value is -4.58. The van der Waals surface area contributed by atoms with Crippen molar-refractivity contribution in [3.05, 3.63) is 137 Å². The second-order valence-electron chi connectivity index (χ2n) is 11.5. The summed E-state index contributed by atoms with van der Waals surface area (Å²) in [5.41, 5.74) is 3.47. The molecule has 4 N–H and O–H groups in total. The third-order valence-corrected chi connectivity index (χ3v) is 9.06. The molecule has 0 saturated heterocycles. The minimum Gasteiger partial charge on any atom is -0.390 e. The summed E-state index contributed by atoms with van der Waals surface area (Å²) < 4.78 is 39.0. The van der Waals surface area contributed by atoms with E-state index in [0.29, 0.717) is 18.5 Å². The van der Waals surface area contributed by atoms with Crippen molar-refractivity contribution in [3.63, 3.8) is 0 Å². The van der Waals surface area contributed by atoms with Crippen molar-refractivity contribution in [1.82, 2.24) is 16.0 Å². The number of nitrogens with one attached hydrogen (secondary N) is 3. The van der Waals surface area contributed by atoms with Crippen LogP contribution in [0.4, 0.5) is 10.1 Å². The highest BCUT2D eigenvalue weighted by Gasteiger charge is 2.25. The average Bonchev–Trinajstić information content (AvgIpc) is 3.07. The number of halogens is 1. The van der Waals surface area contributed by atoms with E-state index in [-0.39, 0.29) is 29.4 Å². The number of benzene rings is 4. The van der Waals surface area contributed by atoms with Gasteiger partial charge in [-0.05, 0) is 53.8 Å². The van der Waals surface area contributed by atoms with Crippen molar-refractivity contribution in [3.8, 4) is 0 Å². The van der Waals surface area contributed by atoms with Gasteiger partial charge in [0.1, 0.15) is 6.67 Å². The highest BCUT2D eigenvalue weighted by molar-refractivity contribution is 7.92. The number of rotatable bonds is 15. The van der Waals surface area contributed by atoms with E-state index in [2.05, 4.69) is 16.0 Å². The topological polar surface area (TPSA) is 128 Å². The number of aliphatic hydroxyl groups excluding tert-OH is 1. The molecule has 47 heavy (non-hydrogen) atoms. The Balaban J connectivity index is 1.58. The number of amides is 2. The molecular formula is C36H41FN4O5S. The van der Waals surface area contributed by atoms with Gasteiger partial charge in [0.2, 0.25) is 10.0 Å². The monoisotopic (exact) mass is 660 g/mol. The van der Waals surface area contributed by atoms with Crippen LogP contribution < -0.4 is 20.3 Å². The molecule has 4 aromatic carbocycles. The number of nitrogens with zero attached hydrogens (tertiary/aromatic N) is 1. The normalized spacial score (nSPS) is 13.3. The van der Waals surface area contributed by atoms with Crippen molar-refractivity contribution in [2.24, 2.45) is 0 Å². The van der Waals surface area contributed by atoms with E-state index in [4.69, 9.17) is 0 Å². The maximum Gasteiger partial charge on any atom is 0.251 e. The largest absolute Gasteiger partial charge is 0.390 e. The molecule has 0 radical (unpaired) electrons. The number of sulfonamides is 1. The predicted octanol–water partition coefficient (Wildman–Crippen LogP) is 4.53. The Morgan fingerprint density at radius 2 is 1.38 bits per heavy atom. The van der Waals surface area contributed by atoms with E-state index in [1.165, 1.54) is 25.2 Å². The molecule has 0 fully saturated rings. The molecule has 0 aliphatic heterocycles. The fraction of sp³-hybridized carbons (Fsp3) is 0.278.